The SMILES string of the molecule is Cc1cc(Oc2ccc(CN(C)C(=O)C3(Cc4cccc(Cl)c4)CCN(C(=O)OC(C)(C)C)CC3)c(Cl)c2)ccc1F. The van der Waals surface area contributed by atoms with Gasteiger partial charge in [-0.05, 0) is 106 Å². The van der Waals surface area contributed by atoms with Gasteiger partial charge in [0.25, 0.3) is 0 Å². The van der Waals surface area contributed by atoms with E-state index in [2.05, 4.69) is 0 Å². The van der Waals surface area contributed by atoms with Crippen molar-refractivity contribution in [2.45, 2.75) is 59.1 Å². The van der Waals surface area contributed by atoms with Crippen LogP contribution in [0.3, 0.4) is 0 Å². The zero-order valence-electron chi connectivity index (χ0n) is 24.7. The van der Waals surface area contributed by atoms with E-state index in [1.54, 1.807) is 48.0 Å². The van der Waals surface area contributed by atoms with E-state index in [-0.39, 0.29) is 17.8 Å². The molecule has 1 heterocycles. The Morgan fingerprint density at radius 3 is 2.29 bits per heavy atom. The summed E-state index contributed by atoms with van der Waals surface area (Å²) in [5, 5.41) is 1.06. The van der Waals surface area contributed by atoms with Crippen molar-refractivity contribution in [1.82, 2.24) is 9.80 Å². The molecule has 0 radical (unpaired) electrons. The third-order valence-electron chi connectivity index (χ3n) is 7.40. The number of likely N-dealkylation sites (tertiary alicyclic amines) is 1. The van der Waals surface area contributed by atoms with Gasteiger partial charge in [-0.25, -0.2) is 9.18 Å². The number of piperidine rings is 1. The molecule has 9 heteroatoms. The Morgan fingerprint density at radius 1 is 1.00 bits per heavy atom. The summed E-state index contributed by atoms with van der Waals surface area (Å²) in [5.41, 5.74) is 0.887. The molecule has 3 aromatic rings. The van der Waals surface area contributed by atoms with E-state index in [0.29, 0.717) is 66.0 Å². The smallest absolute Gasteiger partial charge is 0.410 e. The fraction of sp³-hybridized carbons (Fsp3) is 0.394. The lowest BCUT2D eigenvalue weighted by molar-refractivity contribution is -0.144. The van der Waals surface area contributed by atoms with Gasteiger partial charge in [0.1, 0.15) is 22.9 Å². The lowest BCUT2D eigenvalue weighted by Crippen LogP contribution is -2.52. The molecule has 0 spiro atoms. The Labute approximate surface area is 257 Å². The summed E-state index contributed by atoms with van der Waals surface area (Å²) in [7, 11) is 1.77. The van der Waals surface area contributed by atoms with Gasteiger partial charge in [0.05, 0.1) is 5.41 Å². The van der Waals surface area contributed by atoms with E-state index in [0.717, 1.165) is 11.1 Å². The topological polar surface area (TPSA) is 59.1 Å². The number of benzene rings is 3. The van der Waals surface area contributed by atoms with E-state index in [9.17, 15) is 14.0 Å². The molecule has 0 aliphatic carbocycles. The Hall–Kier alpha value is -3.29. The highest BCUT2D eigenvalue weighted by atomic mass is 35.5. The molecule has 2 amide bonds. The molecule has 0 unspecified atom stereocenters. The van der Waals surface area contributed by atoms with Gasteiger partial charge >= 0.3 is 6.09 Å². The van der Waals surface area contributed by atoms with Crippen LogP contribution in [0.25, 0.3) is 0 Å². The molecule has 224 valence electrons. The van der Waals surface area contributed by atoms with Gasteiger partial charge in [-0.1, -0.05) is 41.4 Å². The van der Waals surface area contributed by atoms with Crippen LogP contribution in [-0.2, 0) is 22.5 Å². The van der Waals surface area contributed by atoms with Crippen LogP contribution in [0.4, 0.5) is 9.18 Å². The van der Waals surface area contributed by atoms with Crippen molar-refractivity contribution < 1.29 is 23.5 Å². The summed E-state index contributed by atoms with van der Waals surface area (Å²) in [6.07, 6.45) is 1.10. The second-order valence-electron chi connectivity index (χ2n) is 12.0. The number of nitrogens with zero attached hydrogens (tertiary/aromatic N) is 2. The highest BCUT2D eigenvalue weighted by Crippen LogP contribution is 2.39. The molecule has 1 fully saturated rings. The minimum absolute atomic E-state index is 0.0236. The molecule has 3 aromatic carbocycles. The van der Waals surface area contributed by atoms with Crippen LogP contribution < -0.4 is 4.74 Å². The Bertz CT molecular complexity index is 1450. The minimum atomic E-state index is -0.728. The maximum atomic E-state index is 14.2. The number of carbonyl (C=O) groups is 2. The molecule has 0 aromatic heterocycles. The van der Waals surface area contributed by atoms with E-state index >= 15 is 0 Å². The van der Waals surface area contributed by atoms with Crippen molar-refractivity contribution in [3.8, 4) is 11.5 Å². The molecule has 42 heavy (non-hydrogen) atoms. The highest BCUT2D eigenvalue weighted by Gasteiger charge is 2.44. The summed E-state index contributed by atoms with van der Waals surface area (Å²) < 4.78 is 25.1. The summed E-state index contributed by atoms with van der Waals surface area (Å²) in [5.74, 6) is 0.693. The lowest BCUT2D eigenvalue weighted by Gasteiger charge is -2.43. The van der Waals surface area contributed by atoms with Crippen molar-refractivity contribution >= 4 is 35.2 Å². The Kier molecular flexibility index (Phi) is 9.74. The number of ether oxygens (including phenoxy) is 2. The predicted octanol–water partition coefficient (Wildman–Crippen LogP) is 8.45. The zero-order valence-corrected chi connectivity index (χ0v) is 26.2. The zero-order chi connectivity index (χ0) is 30.7. The number of aryl methyl sites for hydroxylation is 1. The van der Waals surface area contributed by atoms with Crippen LogP contribution in [0.1, 0.15) is 50.3 Å². The van der Waals surface area contributed by atoms with Crippen molar-refractivity contribution in [3.05, 3.63) is 93.2 Å². The first-order valence-corrected chi connectivity index (χ1v) is 14.7. The lowest BCUT2D eigenvalue weighted by atomic mass is 9.72. The average Bonchev–Trinajstić information content (AvgIpc) is 2.91. The van der Waals surface area contributed by atoms with Gasteiger partial charge in [0, 0.05) is 36.7 Å². The first-order chi connectivity index (χ1) is 19.7. The molecule has 0 atom stereocenters. The number of halogens is 3. The quantitative estimate of drug-likeness (QED) is 0.268. The number of carbonyl (C=O) groups excluding carboxylic acids is 2. The van der Waals surface area contributed by atoms with Crippen LogP contribution in [0.5, 0.6) is 11.5 Å². The molecule has 0 N–H and O–H groups in total. The third-order valence-corrected chi connectivity index (χ3v) is 7.99. The van der Waals surface area contributed by atoms with Crippen LogP contribution in [0.15, 0.2) is 60.7 Å². The van der Waals surface area contributed by atoms with Crippen LogP contribution in [0, 0.1) is 18.2 Å². The van der Waals surface area contributed by atoms with E-state index in [1.807, 2.05) is 51.1 Å². The van der Waals surface area contributed by atoms with Gasteiger partial charge in [-0.3, -0.25) is 4.79 Å². The van der Waals surface area contributed by atoms with Gasteiger partial charge < -0.3 is 19.3 Å². The van der Waals surface area contributed by atoms with E-state index < -0.39 is 11.0 Å². The summed E-state index contributed by atoms with van der Waals surface area (Å²) in [6.45, 7) is 8.29. The molecule has 4 rings (SSSR count). The van der Waals surface area contributed by atoms with E-state index in [4.69, 9.17) is 32.7 Å². The summed E-state index contributed by atoms with van der Waals surface area (Å²) in [6, 6.07) is 17.4. The summed E-state index contributed by atoms with van der Waals surface area (Å²) >= 11 is 12.9. The van der Waals surface area contributed by atoms with Crippen LogP contribution >= 0.6 is 23.2 Å². The molecule has 0 bridgehead atoms. The maximum Gasteiger partial charge on any atom is 0.410 e. The van der Waals surface area contributed by atoms with Crippen LogP contribution in [0.2, 0.25) is 10.0 Å². The Balaban J connectivity index is 1.50. The number of hydrogen-bond acceptors (Lipinski definition) is 4. The predicted molar refractivity (Wildman–Crippen MR) is 164 cm³/mol. The normalized spacial score (nSPS) is 14.8. The number of rotatable bonds is 7. The fourth-order valence-electron chi connectivity index (χ4n) is 5.22. The number of hydrogen-bond donors (Lipinski definition) is 0. The molecule has 1 aliphatic heterocycles. The second kappa shape index (κ2) is 12.9. The van der Waals surface area contributed by atoms with E-state index in [1.165, 1.54) is 6.07 Å². The second-order valence-corrected chi connectivity index (χ2v) is 12.8. The first kappa shape index (κ1) is 31.6. The van der Waals surface area contributed by atoms with Crippen molar-refractivity contribution in [3.63, 3.8) is 0 Å². The van der Waals surface area contributed by atoms with Crippen molar-refractivity contribution in [1.29, 1.82) is 0 Å². The van der Waals surface area contributed by atoms with Crippen molar-refractivity contribution in [2.24, 2.45) is 5.41 Å². The molecule has 6 nitrogen and oxygen atoms in total. The van der Waals surface area contributed by atoms with Gasteiger partial charge in [0.2, 0.25) is 5.91 Å². The molecule has 1 aliphatic rings. The van der Waals surface area contributed by atoms with Crippen LogP contribution in [-0.4, -0.2) is 47.5 Å². The first-order valence-electron chi connectivity index (χ1n) is 14.0. The molecule has 1 saturated heterocycles. The third kappa shape index (κ3) is 7.96. The number of amides is 2. The highest BCUT2D eigenvalue weighted by molar-refractivity contribution is 6.31. The summed E-state index contributed by atoms with van der Waals surface area (Å²) in [4.78, 5) is 30.3. The van der Waals surface area contributed by atoms with Crippen molar-refractivity contribution in [2.75, 3.05) is 20.1 Å². The fourth-order valence-corrected chi connectivity index (χ4v) is 5.66. The Morgan fingerprint density at radius 2 is 1.67 bits per heavy atom. The van der Waals surface area contributed by atoms with Gasteiger partial charge in [-0.2, -0.15) is 0 Å². The van der Waals surface area contributed by atoms with Gasteiger partial charge in [-0.15, -0.1) is 0 Å². The maximum absolute atomic E-state index is 14.2. The minimum Gasteiger partial charge on any atom is -0.457 e. The largest absolute Gasteiger partial charge is 0.457 e. The molecular formula is C33H37Cl2FN2O4. The molecular weight excluding hydrogens is 578 g/mol. The molecule has 0 saturated carbocycles. The monoisotopic (exact) mass is 614 g/mol. The standard InChI is InChI=1S/C33H37Cl2FN2O4/c1-22-17-26(11-12-29(22)36)41-27-10-9-24(28(35)19-27)21-37(5)30(39)33(20-23-7-6-8-25(34)18-23)13-15-38(16-14-33)31(40)42-32(2,3)4/h6-12,17-19H,13-16,20-21H2,1-5H3. The average molecular weight is 616 g/mol. The van der Waals surface area contributed by atoms with Gasteiger partial charge in [0.15, 0.2) is 0 Å².